The number of carbonyl (C=O) groups is 1. The number of methoxy groups -OCH3 is 1. The lowest BCUT2D eigenvalue weighted by atomic mass is 10.1. The smallest absolute Gasteiger partial charge is 0.319 e. The molecule has 0 bridgehead atoms. The third-order valence-corrected chi connectivity index (χ3v) is 5.45. The summed E-state index contributed by atoms with van der Waals surface area (Å²) in [5.74, 6) is 0.775. The van der Waals surface area contributed by atoms with E-state index in [-0.39, 0.29) is 12.1 Å². The third-order valence-electron chi connectivity index (χ3n) is 5.45. The van der Waals surface area contributed by atoms with Crippen LogP contribution in [0.5, 0.6) is 5.75 Å². The second kappa shape index (κ2) is 10.7. The number of aryl methyl sites for hydroxylation is 1. The molecule has 0 aliphatic carbocycles. The van der Waals surface area contributed by atoms with Crippen LogP contribution in [0.25, 0.3) is 22.2 Å². The minimum atomic E-state index is -0.234. The van der Waals surface area contributed by atoms with E-state index in [1.165, 1.54) is 12.8 Å². The zero-order valence-corrected chi connectivity index (χ0v) is 19.4. The van der Waals surface area contributed by atoms with Crippen molar-refractivity contribution in [3.63, 3.8) is 0 Å². The lowest BCUT2D eigenvalue weighted by molar-refractivity contribution is 0.250. The van der Waals surface area contributed by atoms with Crippen molar-refractivity contribution in [2.45, 2.75) is 59.0 Å². The number of amides is 2. The summed E-state index contributed by atoms with van der Waals surface area (Å²) in [6.45, 7) is 6.87. The van der Waals surface area contributed by atoms with Crippen LogP contribution in [0.3, 0.4) is 0 Å². The predicted molar refractivity (Wildman–Crippen MR) is 130 cm³/mol. The lowest BCUT2D eigenvalue weighted by Crippen LogP contribution is -2.34. The molecule has 0 radical (unpaired) electrons. The van der Waals surface area contributed by atoms with Gasteiger partial charge < -0.3 is 19.9 Å². The fourth-order valence-electron chi connectivity index (χ4n) is 3.94. The molecule has 2 amide bonds. The number of urea groups is 1. The molecule has 168 valence electrons. The van der Waals surface area contributed by atoms with E-state index in [1.54, 1.807) is 7.11 Å². The first-order chi connectivity index (χ1) is 15.5. The number of benzene rings is 2. The van der Waals surface area contributed by atoms with Crippen LogP contribution in [0.2, 0.25) is 0 Å². The van der Waals surface area contributed by atoms with Crippen molar-refractivity contribution in [1.29, 1.82) is 5.26 Å². The maximum atomic E-state index is 12.0. The van der Waals surface area contributed by atoms with E-state index in [0.717, 1.165) is 47.3 Å². The molecule has 32 heavy (non-hydrogen) atoms. The Labute approximate surface area is 190 Å². The summed E-state index contributed by atoms with van der Waals surface area (Å²) >= 11 is 0. The number of nitrogens with one attached hydrogen (secondary N) is 2. The molecule has 1 heterocycles. The summed E-state index contributed by atoms with van der Waals surface area (Å²) in [4.78, 5) is 12.0. The highest BCUT2D eigenvalue weighted by molar-refractivity contribution is 5.96. The minimum Gasteiger partial charge on any atom is -0.497 e. The highest BCUT2D eigenvalue weighted by atomic mass is 16.5. The maximum Gasteiger partial charge on any atom is 0.319 e. The van der Waals surface area contributed by atoms with Gasteiger partial charge in [0.2, 0.25) is 0 Å². The fourth-order valence-corrected chi connectivity index (χ4v) is 3.94. The molecule has 0 aliphatic heterocycles. The Morgan fingerprint density at radius 2 is 1.88 bits per heavy atom. The number of hydrogen-bond donors (Lipinski definition) is 2. The Kier molecular flexibility index (Phi) is 7.77. The number of anilines is 1. The number of aromatic nitrogens is 1. The molecule has 0 spiro atoms. The van der Waals surface area contributed by atoms with Crippen molar-refractivity contribution in [3.8, 4) is 23.1 Å². The van der Waals surface area contributed by atoms with Gasteiger partial charge in [0.25, 0.3) is 0 Å². The standard InChI is InChI=1S/C26H32N4O2/c1-5-6-7-8-15-30-24-16-21(32-4)13-14-22(24)23(17-27)25(30)19-9-11-20(12-10-19)29-26(31)28-18(2)3/h9-14,16,18H,5-8,15H2,1-4H3,(H2,28,29,31). The van der Waals surface area contributed by atoms with Crippen LogP contribution < -0.4 is 15.4 Å². The Bertz CT molecular complexity index is 1110. The molecule has 6 nitrogen and oxygen atoms in total. The Morgan fingerprint density at radius 1 is 1.12 bits per heavy atom. The van der Waals surface area contributed by atoms with Gasteiger partial charge in [-0.05, 0) is 50.1 Å². The van der Waals surface area contributed by atoms with Gasteiger partial charge in [0, 0.05) is 29.7 Å². The summed E-state index contributed by atoms with van der Waals surface area (Å²) in [6.07, 6.45) is 4.56. The number of unbranched alkanes of at least 4 members (excludes halogenated alkanes) is 3. The Hall–Kier alpha value is -3.46. The molecule has 0 atom stereocenters. The van der Waals surface area contributed by atoms with Gasteiger partial charge in [-0.25, -0.2) is 4.79 Å². The number of rotatable bonds is 9. The zero-order valence-electron chi connectivity index (χ0n) is 19.4. The molecular weight excluding hydrogens is 400 g/mol. The fraction of sp³-hybridized carbons (Fsp3) is 0.385. The van der Waals surface area contributed by atoms with Crippen LogP contribution in [0.15, 0.2) is 42.5 Å². The van der Waals surface area contributed by atoms with Crippen molar-refractivity contribution < 1.29 is 9.53 Å². The molecule has 0 fully saturated rings. The van der Waals surface area contributed by atoms with E-state index in [1.807, 2.05) is 56.3 Å². The summed E-state index contributed by atoms with van der Waals surface area (Å²) in [7, 11) is 1.66. The van der Waals surface area contributed by atoms with Gasteiger partial charge in [-0.2, -0.15) is 5.26 Å². The molecule has 3 aromatic rings. The van der Waals surface area contributed by atoms with E-state index < -0.39 is 0 Å². The maximum absolute atomic E-state index is 12.0. The first-order valence-corrected chi connectivity index (χ1v) is 11.3. The van der Waals surface area contributed by atoms with Crippen molar-refractivity contribution >= 4 is 22.6 Å². The predicted octanol–water partition coefficient (Wildman–Crippen LogP) is 6.30. The highest BCUT2D eigenvalue weighted by Crippen LogP contribution is 2.36. The van der Waals surface area contributed by atoms with Crippen molar-refractivity contribution in [2.75, 3.05) is 12.4 Å². The van der Waals surface area contributed by atoms with Gasteiger partial charge in [-0.3, -0.25) is 0 Å². The quantitative estimate of drug-likeness (QED) is 0.390. The van der Waals surface area contributed by atoms with Crippen LogP contribution in [0.4, 0.5) is 10.5 Å². The van der Waals surface area contributed by atoms with Crippen molar-refractivity contribution in [1.82, 2.24) is 9.88 Å². The molecule has 2 aromatic carbocycles. The minimum absolute atomic E-state index is 0.0628. The van der Waals surface area contributed by atoms with Crippen molar-refractivity contribution in [3.05, 3.63) is 48.0 Å². The first-order valence-electron chi connectivity index (χ1n) is 11.3. The van der Waals surface area contributed by atoms with Crippen LogP contribution in [0, 0.1) is 11.3 Å². The Balaban J connectivity index is 2.02. The topological polar surface area (TPSA) is 79.1 Å². The molecule has 2 N–H and O–H groups in total. The second-order valence-corrected chi connectivity index (χ2v) is 8.26. The molecule has 1 aromatic heterocycles. The molecule has 0 unspecified atom stereocenters. The normalized spacial score (nSPS) is 10.9. The van der Waals surface area contributed by atoms with E-state index in [2.05, 4.69) is 28.2 Å². The van der Waals surface area contributed by atoms with Gasteiger partial charge in [-0.15, -0.1) is 0 Å². The molecule has 6 heteroatoms. The van der Waals surface area contributed by atoms with Crippen molar-refractivity contribution in [2.24, 2.45) is 0 Å². The average Bonchev–Trinajstić information content (AvgIpc) is 3.09. The number of nitriles is 1. The monoisotopic (exact) mass is 432 g/mol. The van der Waals surface area contributed by atoms with E-state index in [9.17, 15) is 10.1 Å². The Morgan fingerprint density at radius 3 is 2.50 bits per heavy atom. The number of fused-ring (bicyclic) bond motifs is 1. The van der Waals surface area contributed by atoms with Crippen LogP contribution >= 0.6 is 0 Å². The number of ether oxygens (including phenoxy) is 1. The molecule has 3 rings (SSSR count). The number of hydrogen-bond acceptors (Lipinski definition) is 3. The molecule has 0 aliphatic rings. The SMILES string of the molecule is CCCCCCn1c(-c2ccc(NC(=O)NC(C)C)cc2)c(C#N)c2ccc(OC)cc21. The van der Waals surface area contributed by atoms with Gasteiger partial charge >= 0.3 is 6.03 Å². The second-order valence-electron chi connectivity index (χ2n) is 8.26. The van der Waals surface area contributed by atoms with Gasteiger partial charge in [0.15, 0.2) is 0 Å². The number of carbonyl (C=O) groups excluding carboxylic acids is 1. The van der Waals surface area contributed by atoms with Crippen LogP contribution in [-0.2, 0) is 6.54 Å². The van der Waals surface area contributed by atoms with E-state index >= 15 is 0 Å². The molecule has 0 saturated heterocycles. The van der Waals surface area contributed by atoms with Gasteiger partial charge in [0.1, 0.15) is 11.8 Å². The lowest BCUT2D eigenvalue weighted by Gasteiger charge is -2.13. The summed E-state index contributed by atoms with van der Waals surface area (Å²) < 4.78 is 7.68. The largest absolute Gasteiger partial charge is 0.497 e. The summed E-state index contributed by atoms with van der Waals surface area (Å²) in [5, 5.41) is 16.6. The van der Waals surface area contributed by atoms with E-state index in [4.69, 9.17) is 4.74 Å². The van der Waals surface area contributed by atoms with Crippen LogP contribution in [-0.4, -0.2) is 23.7 Å². The molecule has 0 saturated carbocycles. The number of nitrogens with zero attached hydrogens (tertiary/aromatic N) is 2. The van der Waals surface area contributed by atoms with Gasteiger partial charge in [0.05, 0.1) is 23.9 Å². The van der Waals surface area contributed by atoms with Gasteiger partial charge in [-0.1, -0.05) is 38.3 Å². The van der Waals surface area contributed by atoms with Crippen LogP contribution in [0.1, 0.15) is 52.0 Å². The zero-order chi connectivity index (χ0) is 23.1. The summed E-state index contributed by atoms with van der Waals surface area (Å²) in [6, 6.07) is 15.8. The average molecular weight is 433 g/mol. The third kappa shape index (κ3) is 5.23. The molecular formula is C26H32N4O2. The highest BCUT2D eigenvalue weighted by Gasteiger charge is 2.19. The summed E-state index contributed by atoms with van der Waals surface area (Å²) in [5.41, 5.74) is 4.23. The first kappa shape index (κ1) is 23.2. The van der Waals surface area contributed by atoms with E-state index in [0.29, 0.717) is 11.3 Å².